The van der Waals surface area contributed by atoms with Gasteiger partial charge in [0.2, 0.25) is 5.91 Å². The van der Waals surface area contributed by atoms with E-state index in [1.54, 1.807) is 6.08 Å². The van der Waals surface area contributed by atoms with Crippen molar-refractivity contribution in [1.82, 2.24) is 5.32 Å². The molecular formula is C34H67NO4. The monoisotopic (exact) mass is 554 g/mol. The van der Waals surface area contributed by atoms with E-state index in [1.165, 1.54) is 122 Å². The predicted octanol–water partition coefficient (Wildman–Crippen LogP) is 8.54. The molecule has 0 aliphatic carbocycles. The highest BCUT2D eigenvalue weighted by molar-refractivity contribution is 5.76. The van der Waals surface area contributed by atoms with Gasteiger partial charge in [0, 0.05) is 13.0 Å². The van der Waals surface area contributed by atoms with Crippen LogP contribution in [0.3, 0.4) is 0 Å². The number of unbranched alkanes of at least 4 members (excludes halogenated alkanes) is 23. The first-order chi connectivity index (χ1) is 19.2. The van der Waals surface area contributed by atoms with Gasteiger partial charge >= 0.3 is 0 Å². The topological polar surface area (TPSA) is 89.8 Å². The van der Waals surface area contributed by atoms with Crippen LogP contribution in [0.15, 0.2) is 12.2 Å². The Morgan fingerprint density at radius 2 is 1.03 bits per heavy atom. The van der Waals surface area contributed by atoms with E-state index in [0.29, 0.717) is 13.0 Å². The summed E-state index contributed by atoms with van der Waals surface area (Å²) >= 11 is 0. The summed E-state index contributed by atoms with van der Waals surface area (Å²) in [6.07, 6.45) is 34.4. The van der Waals surface area contributed by atoms with Crippen LogP contribution in [0.4, 0.5) is 0 Å². The lowest BCUT2D eigenvalue weighted by molar-refractivity contribution is -0.123. The van der Waals surface area contributed by atoms with Crippen LogP contribution < -0.4 is 5.32 Å². The quantitative estimate of drug-likeness (QED) is 0.0511. The van der Waals surface area contributed by atoms with Crippen molar-refractivity contribution in [3.63, 3.8) is 0 Å². The van der Waals surface area contributed by atoms with Crippen LogP contribution in [-0.2, 0) is 4.79 Å². The van der Waals surface area contributed by atoms with E-state index in [4.69, 9.17) is 5.11 Å². The van der Waals surface area contributed by atoms with E-state index in [-0.39, 0.29) is 12.5 Å². The number of rotatable bonds is 31. The number of aliphatic hydroxyl groups excluding tert-OH is 3. The van der Waals surface area contributed by atoms with E-state index in [2.05, 4.69) is 12.2 Å². The molecule has 0 aliphatic rings. The number of nitrogens with one attached hydrogen (secondary N) is 1. The van der Waals surface area contributed by atoms with Crippen molar-refractivity contribution in [3.05, 3.63) is 12.2 Å². The van der Waals surface area contributed by atoms with Gasteiger partial charge in [-0.1, -0.05) is 154 Å². The van der Waals surface area contributed by atoms with Crippen molar-refractivity contribution < 1.29 is 20.1 Å². The zero-order valence-electron chi connectivity index (χ0n) is 25.9. The highest BCUT2D eigenvalue weighted by Gasteiger charge is 2.17. The number of carbonyl (C=O) groups is 1. The fraction of sp³-hybridized carbons (Fsp3) is 0.912. The molecule has 1 amide bonds. The Bertz CT molecular complexity index is 525. The third-order valence-corrected chi connectivity index (χ3v) is 7.82. The lowest BCUT2D eigenvalue weighted by Gasteiger charge is -2.20. The van der Waals surface area contributed by atoms with Gasteiger partial charge in [-0.25, -0.2) is 0 Å². The summed E-state index contributed by atoms with van der Waals surface area (Å²) in [7, 11) is 0. The predicted molar refractivity (Wildman–Crippen MR) is 167 cm³/mol. The van der Waals surface area contributed by atoms with E-state index in [9.17, 15) is 15.0 Å². The molecule has 0 unspecified atom stereocenters. The Morgan fingerprint density at radius 3 is 1.46 bits per heavy atom. The maximum absolute atomic E-state index is 12.3. The van der Waals surface area contributed by atoms with E-state index in [1.807, 2.05) is 6.08 Å². The summed E-state index contributed by atoms with van der Waals surface area (Å²) in [5, 5.41) is 31.6. The van der Waals surface area contributed by atoms with Crippen LogP contribution >= 0.6 is 0 Å². The molecule has 0 saturated heterocycles. The Morgan fingerprint density at radius 1 is 0.615 bits per heavy atom. The minimum Gasteiger partial charge on any atom is -0.396 e. The van der Waals surface area contributed by atoms with Gasteiger partial charge in [-0.05, 0) is 25.7 Å². The van der Waals surface area contributed by atoms with Gasteiger partial charge in [-0.3, -0.25) is 4.79 Å². The van der Waals surface area contributed by atoms with Crippen LogP contribution in [0.1, 0.15) is 174 Å². The molecule has 5 heteroatoms. The second kappa shape index (κ2) is 31.6. The summed E-state index contributed by atoms with van der Waals surface area (Å²) < 4.78 is 0. The van der Waals surface area contributed by atoms with Crippen molar-refractivity contribution >= 4 is 5.91 Å². The fourth-order valence-corrected chi connectivity index (χ4v) is 5.16. The van der Waals surface area contributed by atoms with Gasteiger partial charge in [-0.2, -0.15) is 0 Å². The SMILES string of the molecule is CCCCCCCCCCCCC/C=C/[C@@H](O)[C@H](CO)NC(=O)CCCCCCCCCCCCCCCO. The summed E-state index contributed by atoms with van der Waals surface area (Å²) in [4.78, 5) is 12.3. The minimum atomic E-state index is -0.841. The van der Waals surface area contributed by atoms with Gasteiger partial charge < -0.3 is 20.6 Å². The van der Waals surface area contributed by atoms with Crippen LogP contribution in [0.5, 0.6) is 0 Å². The second-order valence-electron chi connectivity index (χ2n) is 11.7. The number of amides is 1. The van der Waals surface area contributed by atoms with Crippen molar-refractivity contribution in [3.8, 4) is 0 Å². The largest absolute Gasteiger partial charge is 0.396 e. The van der Waals surface area contributed by atoms with Crippen LogP contribution in [0.2, 0.25) is 0 Å². The molecule has 0 spiro atoms. The summed E-state index contributed by atoms with van der Waals surface area (Å²) in [5.74, 6) is -0.0779. The Kier molecular flexibility index (Phi) is 30.9. The number of hydrogen-bond donors (Lipinski definition) is 4. The van der Waals surface area contributed by atoms with Crippen molar-refractivity contribution in [1.29, 1.82) is 0 Å². The van der Waals surface area contributed by atoms with Gasteiger partial charge in [0.15, 0.2) is 0 Å². The Hall–Kier alpha value is -0.910. The first kappa shape index (κ1) is 38.1. The molecule has 4 N–H and O–H groups in total. The maximum Gasteiger partial charge on any atom is 0.220 e. The van der Waals surface area contributed by atoms with Crippen LogP contribution in [0.25, 0.3) is 0 Å². The molecule has 0 saturated carbocycles. The lowest BCUT2D eigenvalue weighted by atomic mass is 10.0. The zero-order chi connectivity index (χ0) is 28.7. The normalized spacial score (nSPS) is 13.2. The minimum absolute atomic E-state index is 0.0779. The molecule has 39 heavy (non-hydrogen) atoms. The molecule has 0 radical (unpaired) electrons. The van der Waals surface area contributed by atoms with Crippen LogP contribution in [0, 0.1) is 0 Å². The summed E-state index contributed by atoms with van der Waals surface area (Å²) in [6.45, 7) is 2.34. The molecule has 0 fully saturated rings. The van der Waals surface area contributed by atoms with E-state index in [0.717, 1.165) is 38.5 Å². The molecule has 0 aromatic heterocycles. The highest BCUT2D eigenvalue weighted by atomic mass is 16.3. The van der Waals surface area contributed by atoms with Gasteiger partial charge in [-0.15, -0.1) is 0 Å². The summed E-state index contributed by atoms with van der Waals surface area (Å²) in [5.41, 5.74) is 0. The smallest absolute Gasteiger partial charge is 0.220 e. The molecule has 0 bridgehead atoms. The van der Waals surface area contributed by atoms with E-state index < -0.39 is 12.1 Å². The van der Waals surface area contributed by atoms with Crippen molar-refractivity contribution in [2.24, 2.45) is 0 Å². The maximum atomic E-state index is 12.3. The molecule has 0 heterocycles. The lowest BCUT2D eigenvalue weighted by Crippen LogP contribution is -2.45. The van der Waals surface area contributed by atoms with Crippen LogP contribution in [-0.4, -0.2) is 46.6 Å². The first-order valence-corrected chi connectivity index (χ1v) is 17.0. The standard InChI is InChI=1S/C34H67NO4/c1-2-3-4-5-6-7-8-10-13-16-19-22-25-28-33(38)32(31-37)35-34(39)29-26-23-20-17-14-11-9-12-15-18-21-24-27-30-36/h25,28,32-33,36-38H,2-24,26-27,29-31H2,1H3,(H,35,39)/b28-25+/t32-,33+/m0/s1. The molecule has 0 aliphatic heterocycles. The molecule has 2 atom stereocenters. The van der Waals surface area contributed by atoms with Gasteiger partial charge in [0.1, 0.15) is 0 Å². The third-order valence-electron chi connectivity index (χ3n) is 7.82. The molecule has 0 aromatic carbocycles. The average Bonchev–Trinajstić information content (AvgIpc) is 2.94. The number of aliphatic hydroxyl groups is 3. The average molecular weight is 554 g/mol. The summed E-state index contributed by atoms with van der Waals surface area (Å²) in [6, 6.07) is -0.624. The van der Waals surface area contributed by atoms with E-state index >= 15 is 0 Å². The van der Waals surface area contributed by atoms with Gasteiger partial charge in [0.25, 0.3) is 0 Å². The molecule has 5 nitrogen and oxygen atoms in total. The zero-order valence-corrected chi connectivity index (χ0v) is 25.9. The number of allylic oxidation sites excluding steroid dienone is 1. The fourth-order valence-electron chi connectivity index (χ4n) is 5.16. The molecule has 0 rings (SSSR count). The molecular weight excluding hydrogens is 486 g/mol. The Labute approximate surface area is 242 Å². The van der Waals surface area contributed by atoms with Crippen molar-refractivity contribution in [2.75, 3.05) is 13.2 Å². The number of carbonyl (C=O) groups excluding carboxylic acids is 1. The van der Waals surface area contributed by atoms with Gasteiger partial charge in [0.05, 0.1) is 18.8 Å². The Balaban J connectivity index is 3.62. The highest BCUT2D eigenvalue weighted by Crippen LogP contribution is 2.14. The molecule has 0 aromatic rings. The third kappa shape index (κ3) is 28.4. The first-order valence-electron chi connectivity index (χ1n) is 17.0. The van der Waals surface area contributed by atoms with Crippen molar-refractivity contribution in [2.45, 2.75) is 186 Å². The second-order valence-corrected chi connectivity index (χ2v) is 11.7. The number of hydrogen-bond acceptors (Lipinski definition) is 4. The molecule has 232 valence electrons.